The Bertz CT molecular complexity index is 763. The molecule has 142 valence electrons. The van der Waals surface area contributed by atoms with Gasteiger partial charge in [-0.2, -0.15) is 4.31 Å². The number of carbonyl (C=O) groups is 2. The summed E-state index contributed by atoms with van der Waals surface area (Å²) in [7, 11) is -3.63. The summed E-state index contributed by atoms with van der Waals surface area (Å²) in [5.41, 5.74) is 0.321. The minimum Gasteiger partial charge on any atom is -0.462 e. The smallest absolute Gasteiger partial charge is 0.338 e. The van der Waals surface area contributed by atoms with Gasteiger partial charge in [0.2, 0.25) is 15.9 Å². The van der Waals surface area contributed by atoms with E-state index in [-0.39, 0.29) is 23.3 Å². The number of hydrogen-bond donors (Lipinski definition) is 1. The monoisotopic (exact) mass is 380 g/mol. The number of sulfonamides is 1. The second-order valence-electron chi connectivity index (χ2n) is 6.71. The van der Waals surface area contributed by atoms with E-state index in [0.717, 1.165) is 12.8 Å². The molecule has 0 atom stereocenters. The molecule has 1 amide bonds. The van der Waals surface area contributed by atoms with Gasteiger partial charge in [-0.25, -0.2) is 13.2 Å². The largest absolute Gasteiger partial charge is 0.462 e. The number of nitrogens with one attached hydrogen (secondary N) is 1. The Morgan fingerprint density at radius 1 is 1.12 bits per heavy atom. The summed E-state index contributed by atoms with van der Waals surface area (Å²) in [6.45, 7) is 2.63. The molecule has 26 heavy (non-hydrogen) atoms. The number of amides is 1. The Morgan fingerprint density at radius 3 is 2.27 bits per heavy atom. The van der Waals surface area contributed by atoms with Gasteiger partial charge in [-0.1, -0.05) is 0 Å². The van der Waals surface area contributed by atoms with Crippen LogP contribution >= 0.6 is 0 Å². The van der Waals surface area contributed by atoms with Gasteiger partial charge >= 0.3 is 5.97 Å². The van der Waals surface area contributed by atoms with Crippen LogP contribution in [0.2, 0.25) is 0 Å². The highest BCUT2D eigenvalue weighted by atomic mass is 32.2. The van der Waals surface area contributed by atoms with E-state index in [2.05, 4.69) is 5.32 Å². The average molecular weight is 380 g/mol. The van der Waals surface area contributed by atoms with E-state index < -0.39 is 16.0 Å². The zero-order valence-corrected chi connectivity index (χ0v) is 15.6. The summed E-state index contributed by atoms with van der Waals surface area (Å²) in [5.74, 6) is -0.546. The van der Waals surface area contributed by atoms with Crippen molar-refractivity contribution >= 4 is 21.9 Å². The normalized spacial score (nSPS) is 19.1. The molecule has 3 rings (SSSR count). The highest BCUT2D eigenvalue weighted by molar-refractivity contribution is 7.89. The van der Waals surface area contributed by atoms with Crippen molar-refractivity contribution in [2.24, 2.45) is 5.92 Å². The molecule has 1 aromatic rings. The molecule has 1 heterocycles. The van der Waals surface area contributed by atoms with Crippen LogP contribution in [0.4, 0.5) is 0 Å². The first-order valence-corrected chi connectivity index (χ1v) is 10.4. The van der Waals surface area contributed by atoms with Gasteiger partial charge in [0.05, 0.1) is 17.1 Å². The van der Waals surface area contributed by atoms with Gasteiger partial charge in [0, 0.05) is 25.0 Å². The van der Waals surface area contributed by atoms with E-state index in [4.69, 9.17) is 4.74 Å². The molecule has 7 nitrogen and oxygen atoms in total. The Hall–Kier alpha value is -1.93. The lowest BCUT2D eigenvalue weighted by molar-refractivity contribution is -0.126. The molecular formula is C18H24N2O5S. The summed E-state index contributed by atoms with van der Waals surface area (Å²) >= 11 is 0. The summed E-state index contributed by atoms with van der Waals surface area (Å²) in [4.78, 5) is 23.9. The fraction of sp³-hybridized carbons (Fsp3) is 0.556. The van der Waals surface area contributed by atoms with Gasteiger partial charge in [0.25, 0.3) is 0 Å². The molecular weight excluding hydrogens is 356 g/mol. The predicted molar refractivity (Wildman–Crippen MR) is 95.0 cm³/mol. The van der Waals surface area contributed by atoms with Crippen molar-refractivity contribution in [3.63, 3.8) is 0 Å². The highest BCUT2D eigenvalue weighted by Gasteiger charge is 2.34. The highest BCUT2D eigenvalue weighted by Crippen LogP contribution is 2.26. The molecule has 1 aromatic carbocycles. The Balaban J connectivity index is 1.61. The number of benzene rings is 1. The quantitative estimate of drug-likeness (QED) is 0.756. The van der Waals surface area contributed by atoms with Gasteiger partial charge in [-0.15, -0.1) is 0 Å². The van der Waals surface area contributed by atoms with Crippen molar-refractivity contribution in [2.75, 3.05) is 19.7 Å². The molecule has 0 unspecified atom stereocenters. The Morgan fingerprint density at radius 2 is 1.73 bits per heavy atom. The minimum absolute atomic E-state index is 0.0448. The van der Waals surface area contributed by atoms with E-state index in [9.17, 15) is 18.0 Å². The van der Waals surface area contributed by atoms with Crippen LogP contribution in [0.1, 0.15) is 43.0 Å². The minimum atomic E-state index is -3.63. The fourth-order valence-electron chi connectivity index (χ4n) is 3.03. The second kappa shape index (κ2) is 7.75. The number of carbonyl (C=O) groups excluding carboxylic acids is 2. The number of nitrogens with zero attached hydrogens (tertiary/aromatic N) is 1. The first-order valence-electron chi connectivity index (χ1n) is 8.99. The van der Waals surface area contributed by atoms with Crippen molar-refractivity contribution in [1.82, 2.24) is 9.62 Å². The molecule has 1 N–H and O–H groups in total. The van der Waals surface area contributed by atoms with Crippen LogP contribution in [-0.2, 0) is 19.6 Å². The van der Waals surface area contributed by atoms with E-state index in [1.807, 2.05) is 0 Å². The van der Waals surface area contributed by atoms with Crippen LogP contribution < -0.4 is 5.32 Å². The van der Waals surface area contributed by atoms with Gasteiger partial charge in [0.1, 0.15) is 0 Å². The maximum absolute atomic E-state index is 12.8. The van der Waals surface area contributed by atoms with Gasteiger partial charge in [-0.3, -0.25) is 4.79 Å². The fourth-order valence-corrected chi connectivity index (χ4v) is 4.50. The molecule has 2 fully saturated rings. The van der Waals surface area contributed by atoms with Crippen molar-refractivity contribution in [2.45, 2.75) is 43.5 Å². The summed E-state index contributed by atoms with van der Waals surface area (Å²) < 4.78 is 31.8. The van der Waals surface area contributed by atoms with Crippen LogP contribution in [0.5, 0.6) is 0 Å². The summed E-state index contributed by atoms with van der Waals surface area (Å²) in [6.07, 6.45) is 3.14. The molecule has 0 aromatic heterocycles. The lowest BCUT2D eigenvalue weighted by atomic mass is 9.97. The molecule has 0 bridgehead atoms. The third-order valence-electron chi connectivity index (χ3n) is 4.75. The van der Waals surface area contributed by atoms with Crippen LogP contribution in [0.3, 0.4) is 0 Å². The molecule has 1 aliphatic carbocycles. The van der Waals surface area contributed by atoms with Crippen molar-refractivity contribution in [3.05, 3.63) is 29.8 Å². The van der Waals surface area contributed by atoms with E-state index >= 15 is 0 Å². The van der Waals surface area contributed by atoms with Crippen molar-refractivity contribution in [3.8, 4) is 0 Å². The van der Waals surface area contributed by atoms with E-state index in [1.54, 1.807) is 6.92 Å². The lowest BCUT2D eigenvalue weighted by Crippen LogP contribution is -2.43. The lowest BCUT2D eigenvalue weighted by Gasteiger charge is -2.30. The number of ether oxygens (including phenoxy) is 1. The second-order valence-corrected chi connectivity index (χ2v) is 8.64. The summed E-state index contributed by atoms with van der Waals surface area (Å²) in [5, 5.41) is 2.99. The van der Waals surface area contributed by atoms with Crippen LogP contribution in [-0.4, -0.2) is 50.3 Å². The van der Waals surface area contributed by atoms with Gasteiger partial charge in [-0.05, 0) is 56.9 Å². The first kappa shape index (κ1) is 18.8. The molecule has 8 heteroatoms. The maximum atomic E-state index is 12.8. The molecule has 1 saturated carbocycles. The topological polar surface area (TPSA) is 92.8 Å². The predicted octanol–water partition coefficient (Wildman–Crippen LogP) is 1.54. The van der Waals surface area contributed by atoms with Crippen LogP contribution in [0.25, 0.3) is 0 Å². The third-order valence-corrected chi connectivity index (χ3v) is 6.66. The van der Waals surface area contributed by atoms with Crippen LogP contribution in [0.15, 0.2) is 29.2 Å². The van der Waals surface area contributed by atoms with Crippen LogP contribution in [0, 0.1) is 5.92 Å². The third kappa shape index (κ3) is 4.24. The van der Waals surface area contributed by atoms with Gasteiger partial charge < -0.3 is 10.1 Å². The standard InChI is InChI=1S/C18H24N2O5S/c1-2-25-18(22)14-3-7-16(8-4-14)26(23,24)20-11-9-13(10-12-20)17(21)19-15-5-6-15/h3-4,7-8,13,15H,2,5-6,9-12H2,1H3,(H,19,21). The Kier molecular flexibility index (Phi) is 5.62. The maximum Gasteiger partial charge on any atom is 0.338 e. The zero-order valence-electron chi connectivity index (χ0n) is 14.8. The average Bonchev–Trinajstić information content (AvgIpc) is 3.46. The Labute approximate surface area is 153 Å². The van der Waals surface area contributed by atoms with E-state index in [0.29, 0.717) is 37.5 Å². The SMILES string of the molecule is CCOC(=O)c1ccc(S(=O)(=O)N2CCC(C(=O)NC3CC3)CC2)cc1. The number of rotatable bonds is 6. The van der Waals surface area contributed by atoms with Crippen molar-refractivity contribution < 1.29 is 22.7 Å². The molecule has 1 aliphatic heterocycles. The van der Waals surface area contributed by atoms with E-state index in [1.165, 1.54) is 28.6 Å². The number of esters is 1. The number of piperidine rings is 1. The molecule has 0 radical (unpaired) electrons. The van der Waals surface area contributed by atoms with Gasteiger partial charge in [0.15, 0.2) is 0 Å². The zero-order chi connectivity index (χ0) is 18.7. The number of hydrogen-bond acceptors (Lipinski definition) is 5. The molecule has 2 aliphatic rings. The molecule has 1 saturated heterocycles. The summed E-state index contributed by atoms with van der Waals surface area (Å²) in [6, 6.07) is 6.09. The molecule has 0 spiro atoms. The van der Waals surface area contributed by atoms with Crippen molar-refractivity contribution in [1.29, 1.82) is 0 Å². The first-order chi connectivity index (χ1) is 12.4.